The van der Waals surface area contributed by atoms with Crippen LogP contribution in [0.4, 0.5) is 16.2 Å². The van der Waals surface area contributed by atoms with E-state index in [0.717, 1.165) is 60.5 Å². The maximum absolute atomic E-state index is 13.0. The van der Waals surface area contributed by atoms with Crippen LogP contribution in [0, 0.1) is 0 Å². The molecule has 2 aliphatic rings. The number of hydrogen-bond acceptors (Lipinski definition) is 7. The molecule has 3 amide bonds. The number of urea groups is 1. The van der Waals surface area contributed by atoms with Gasteiger partial charge in [0.1, 0.15) is 5.75 Å². The minimum atomic E-state index is -0.361. The molecule has 2 fully saturated rings. The fourth-order valence-electron chi connectivity index (χ4n) is 4.96. The summed E-state index contributed by atoms with van der Waals surface area (Å²) in [5.74, 6) is 1.63. The quantitative estimate of drug-likeness (QED) is 0.232. The molecule has 8 nitrogen and oxygen atoms in total. The van der Waals surface area contributed by atoms with Gasteiger partial charge in [0.25, 0.3) is 0 Å². The highest BCUT2D eigenvalue weighted by Crippen LogP contribution is 2.51. The summed E-state index contributed by atoms with van der Waals surface area (Å²) in [5, 5.41) is 5.76. The minimum Gasteiger partial charge on any atom is -0.497 e. The van der Waals surface area contributed by atoms with Crippen molar-refractivity contribution >= 4 is 46.4 Å². The first-order valence-electron chi connectivity index (χ1n) is 13.7. The number of carbonyl (C=O) groups is 2. The molecule has 3 heterocycles. The van der Waals surface area contributed by atoms with Gasteiger partial charge in [-0.3, -0.25) is 4.79 Å². The van der Waals surface area contributed by atoms with Gasteiger partial charge < -0.3 is 20.1 Å². The summed E-state index contributed by atoms with van der Waals surface area (Å²) in [6.45, 7) is 0.669. The SMILES string of the molecule is COc1ccc(NC(=O)Nc2cccc(-c3ccc([C@@]4(CC(=O)NOC5CCCCO5)CCCCS4)s3)c2)cc1. The number of rotatable bonds is 9. The largest absolute Gasteiger partial charge is 0.497 e. The van der Waals surface area contributed by atoms with Crippen molar-refractivity contribution in [1.29, 1.82) is 0 Å². The molecule has 0 spiro atoms. The van der Waals surface area contributed by atoms with E-state index in [0.29, 0.717) is 24.4 Å². The molecule has 2 aliphatic heterocycles. The first-order valence-corrected chi connectivity index (χ1v) is 15.5. The van der Waals surface area contributed by atoms with Crippen molar-refractivity contribution in [2.45, 2.75) is 56.0 Å². The Labute approximate surface area is 243 Å². The van der Waals surface area contributed by atoms with Crippen molar-refractivity contribution in [3.8, 4) is 16.2 Å². The zero-order valence-electron chi connectivity index (χ0n) is 22.6. The number of benzene rings is 2. The van der Waals surface area contributed by atoms with Gasteiger partial charge in [-0.25, -0.2) is 15.1 Å². The first kappa shape index (κ1) is 28.5. The van der Waals surface area contributed by atoms with Crippen LogP contribution in [-0.4, -0.2) is 37.7 Å². The Kier molecular flexibility index (Phi) is 9.64. The maximum atomic E-state index is 13.0. The number of anilines is 2. The second kappa shape index (κ2) is 13.5. The van der Waals surface area contributed by atoms with E-state index in [9.17, 15) is 9.59 Å². The Balaban J connectivity index is 1.24. The molecule has 3 N–H and O–H groups in total. The predicted molar refractivity (Wildman–Crippen MR) is 161 cm³/mol. The number of hydrogen-bond donors (Lipinski definition) is 3. The zero-order valence-corrected chi connectivity index (χ0v) is 24.2. The normalized spacial score (nSPS) is 20.9. The van der Waals surface area contributed by atoms with Crippen LogP contribution < -0.4 is 20.9 Å². The van der Waals surface area contributed by atoms with Gasteiger partial charge in [-0.1, -0.05) is 18.6 Å². The van der Waals surface area contributed by atoms with Gasteiger partial charge in [-0.2, -0.15) is 0 Å². The number of carbonyl (C=O) groups excluding carboxylic acids is 2. The summed E-state index contributed by atoms with van der Waals surface area (Å²) in [7, 11) is 1.60. The molecule has 5 rings (SSSR count). The zero-order chi connectivity index (χ0) is 27.8. The van der Waals surface area contributed by atoms with E-state index < -0.39 is 0 Å². The molecular formula is C30H35N3O5S2. The third-order valence-corrected chi connectivity index (χ3v) is 10.1. The average molecular weight is 582 g/mol. The number of thiophene rings is 1. The highest BCUT2D eigenvalue weighted by Gasteiger charge is 2.38. The summed E-state index contributed by atoms with van der Waals surface area (Å²) >= 11 is 3.57. The fraction of sp³-hybridized carbons (Fsp3) is 0.400. The van der Waals surface area contributed by atoms with E-state index in [4.69, 9.17) is 14.3 Å². The third-order valence-electron chi connectivity index (χ3n) is 7.05. The second-order valence-electron chi connectivity index (χ2n) is 9.97. The first-order chi connectivity index (χ1) is 19.5. The van der Waals surface area contributed by atoms with Gasteiger partial charge >= 0.3 is 6.03 Å². The molecule has 0 aliphatic carbocycles. The molecule has 3 aromatic rings. The van der Waals surface area contributed by atoms with Crippen LogP contribution in [0.3, 0.4) is 0 Å². The topological polar surface area (TPSA) is 97.9 Å². The Hall–Kier alpha value is -3.05. The van der Waals surface area contributed by atoms with Crippen molar-refractivity contribution in [2.75, 3.05) is 30.1 Å². The molecule has 2 aromatic carbocycles. The van der Waals surface area contributed by atoms with Gasteiger partial charge in [0, 0.05) is 40.6 Å². The van der Waals surface area contributed by atoms with Crippen LogP contribution in [0.5, 0.6) is 5.75 Å². The highest BCUT2D eigenvalue weighted by molar-refractivity contribution is 8.00. The van der Waals surface area contributed by atoms with Gasteiger partial charge in [-0.15, -0.1) is 23.1 Å². The van der Waals surface area contributed by atoms with E-state index in [1.165, 1.54) is 4.88 Å². The van der Waals surface area contributed by atoms with Crippen molar-refractivity contribution in [3.63, 3.8) is 0 Å². The molecule has 1 unspecified atom stereocenters. The maximum Gasteiger partial charge on any atom is 0.323 e. The summed E-state index contributed by atoms with van der Waals surface area (Å²) < 4.78 is 10.5. The van der Waals surface area contributed by atoms with Crippen LogP contribution in [-0.2, 0) is 19.1 Å². The summed E-state index contributed by atoms with van der Waals surface area (Å²) in [4.78, 5) is 33.4. The summed E-state index contributed by atoms with van der Waals surface area (Å²) in [6.07, 6.45) is 6.06. The number of thioether (sulfide) groups is 1. The lowest BCUT2D eigenvalue weighted by Crippen LogP contribution is -2.37. The Morgan fingerprint density at radius 2 is 1.85 bits per heavy atom. The third kappa shape index (κ3) is 7.37. The van der Waals surface area contributed by atoms with E-state index >= 15 is 0 Å². The number of amides is 3. The van der Waals surface area contributed by atoms with Gasteiger partial charge in [0.2, 0.25) is 5.91 Å². The molecule has 10 heteroatoms. The lowest BCUT2D eigenvalue weighted by molar-refractivity contribution is -0.200. The van der Waals surface area contributed by atoms with E-state index in [1.807, 2.05) is 36.0 Å². The molecule has 1 aromatic heterocycles. The van der Waals surface area contributed by atoms with Gasteiger partial charge in [-0.05, 0) is 85.5 Å². The Morgan fingerprint density at radius 3 is 2.60 bits per heavy atom. The van der Waals surface area contributed by atoms with Crippen molar-refractivity contribution < 1.29 is 23.9 Å². The van der Waals surface area contributed by atoms with E-state index in [2.05, 4.69) is 28.2 Å². The Morgan fingerprint density at radius 1 is 1.00 bits per heavy atom. The monoisotopic (exact) mass is 581 g/mol. The van der Waals surface area contributed by atoms with Gasteiger partial charge in [0.15, 0.2) is 6.29 Å². The van der Waals surface area contributed by atoms with Crippen molar-refractivity contribution in [3.05, 3.63) is 65.5 Å². The molecule has 0 saturated carbocycles. The van der Waals surface area contributed by atoms with Crippen LogP contribution in [0.15, 0.2) is 60.7 Å². The molecule has 0 bridgehead atoms. The Bertz CT molecular complexity index is 1280. The van der Waals surface area contributed by atoms with Crippen LogP contribution >= 0.6 is 23.1 Å². The molecule has 2 atom stereocenters. The highest BCUT2D eigenvalue weighted by atomic mass is 32.2. The number of methoxy groups -OCH3 is 1. The smallest absolute Gasteiger partial charge is 0.323 e. The molecule has 2 saturated heterocycles. The van der Waals surface area contributed by atoms with Crippen LogP contribution in [0.25, 0.3) is 10.4 Å². The van der Waals surface area contributed by atoms with E-state index in [1.54, 1.807) is 42.7 Å². The lowest BCUT2D eigenvalue weighted by Gasteiger charge is -2.35. The van der Waals surface area contributed by atoms with Crippen molar-refractivity contribution in [1.82, 2.24) is 5.48 Å². The van der Waals surface area contributed by atoms with E-state index in [-0.39, 0.29) is 23.0 Å². The number of ether oxygens (including phenoxy) is 2. The molecule has 40 heavy (non-hydrogen) atoms. The lowest BCUT2D eigenvalue weighted by atomic mass is 9.94. The number of hydroxylamine groups is 1. The summed E-state index contributed by atoms with van der Waals surface area (Å²) in [6, 6.07) is 18.9. The second-order valence-corrected chi connectivity index (χ2v) is 12.5. The molecule has 0 radical (unpaired) electrons. The van der Waals surface area contributed by atoms with Crippen LogP contribution in [0.1, 0.15) is 49.8 Å². The van der Waals surface area contributed by atoms with Crippen LogP contribution in [0.2, 0.25) is 0 Å². The fourth-order valence-corrected chi connectivity index (χ4v) is 7.85. The standard InChI is InChI=1S/C30H35N3O5S2/c1-36-24-12-10-22(11-13-24)31-29(35)32-23-8-6-7-21(19-23)25-14-15-26(40-25)30(16-3-5-18-39-30)20-27(34)33-38-28-9-2-4-17-37-28/h6-8,10-15,19,28H,2-5,9,16-18,20H2,1H3,(H,33,34)(H2,31,32,35)/t28?,30-/m0/s1. The molecule has 212 valence electrons. The predicted octanol–water partition coefficient (Wildman–Crippen LogP) is 7.14. The molecular weight excluding hydrogens is 546 g/mol. The average Bonchev–Trinajstić information content (AvgIpc) is 3.49. The number of nitrogens with one attached hydrogen (secondary N) is 3. The van der Waals surface area contributed by atoms with Crippen molar-refractivity contribution in [2.24, 2.45) is 0 Å². The van der Waals surface area contributed by atoms with Gasteiger partial charge in [0.05, 0.1) is 11.9 Å². The summed E-state index contributed by atoms with van der Waals surface area (Å²) in [5.41, 5.74) is 5.04. The minimum absolute atomic E-state index is 0.118.